The van der Waals surface area contributed by atoms with Gasteiger partial charge in [-0.05, 0) is 25.7 Å². The summed E-state index contributed by atoms with van der Waals surface area (Å²) in [5.74, 6) is -1.16. The quantitative estimate of drug-likeness (QED) is 0.0585. The average Bonchev–Trinajstić information content (AvgIpc) is 3.35. The van der Waals surface area contributed by atoms with Crippen LogP contribution >= 0.6 is 7.82 Å². The van der Waals surface area contributed by atoms with E-state index in [9.17, 15) is 44.0 Å². The standard InChI is InChI=1S/C27H46N5O15P/c1-15(34)30-20-22(37)21(36)17(13-33)46-25(20)44-12-5-4-9-28-26(38)29-10-6-7-16-23(47-48(40,41)43-3)18(14-42-2)45-24(16)32-11-8-19(35)31-27(32)39/h8,11,16-18,20-25,33,36-37H,4-7,9-10,12-14H2,1-3H3,(H,30,34)(H,40,41)(H2,28,29,38)(H,31,35,39)/t16-,17+,18+,20+,21-,22+,23?,24+,25+/m0/s1. The summed E-state index contributed by atoms with van der Waals surface area (Å²) < 4.78 is 45.8. The predicted molar refractivity (Wildman–Crippen MR) is 163 cm³/mol. The van der Waals surface area contributed by atoms with E-state index in [1.807, 2.05) is 0 Å². The summed E-state index contributed by atoms with van der Waals surface area (Å²) in [7, 11) is -2.07. The topological polar surface area (TPSA) is 278 Å². The molecule has 3 amide bonds. The summed E-state index contributed by atoms with van der Waals surface area (Å²) in [6.45, 7) is 1.24. The van der Waals surface area contributed by atoms with E-state index in [2.05, 4.69) is 25.5 Å². The third-order valence-corrected chi connectivity index (χ3v) is 8.77. The number of hydrogen-bond donors (Lipinski definition) is 8. The lowest BCUT2D eigenvalue weighted by Crippen LogP contribution is -2.64. The van der Waals surface area contributed by atoms with Crippen molar-refractivity contribution in [1.82, 2.24) is 25.5 Å². The van der Waals surface area contributed by atoms with Gasteiger partial charge in [-0.25, -0.2) is 14.2 Å². The van der Waals surface area contributed by atoms with Crippen LogP contribution in [0.3, 0.4) is 0 Å². The van der Waals surface area contributed by atoms with Gasteiger partial charge in [0.25, 0.3) is 5.56 Å². The number of aromatic amines is 1. The lowest BCUT2D eigenvalue weighted by atomic mass is 9.94. The molecule has 3 rings (SSSR count). The van der Waals surface area contributed by atoms with E-state index in [1.165, 1.54) is 20.2 Å². The average molecular weight is 712 g/mol. The molecule has 8 N–H and O–H groups in total. The molecular weight excluding hydrogens is 665 g/mol. The van der Waals surface area contributed by atoms with E-state index in [0.717, 1.165) is 17.7 Å². The van der Waals surface area contributed by atoms with Gasteiger partial charge in [-0.2, -0.15) is 0 Å². The third kappa shape index (κ3) is 11.1. The van der Waals surface area contributed by atoms with Crippen LogP contribution in [-0.2, 0) is 37.4 Å². The molecule has 0 saturated carbocycles. The fourth-order valence-corrected chi connectivity index (χ4v) is 6.17. The fraction of sp³-hybridized carbons (Fsp3) is 0.778. The summed E-state index contributed by atoms with van der Waals surface area (Å²) in [5.41, 5.74) is -1.36. The second kappa shape index (κ2) is 18.9. The lowest BCUT2D eigenvalue weighted by Gasteiger charge is -2.42. The smallest absolute Gasteiger partial charge is 0.394 e. The van der Waals surface area contributed by atoms with Crippen LogP contribution < -0.4 is 27.2 Å². The molecular formula is C27H46N5O15P. The Morgan fingerprint density at radius 2 is 1.77 bits per heavy atom. The van der Waals surface area contributed by atoms with Crippen molar-refractivity contribution in [2.45, 2.75) is 81.7 Å². The van der Waals surface area contributed by atoms with Gasteiger partial charge in [0, 0.05) is 59.0 Å². The van der Waals surface area contributed by atoms with E-state index in [0.29, 0.717) is 19.3 Å². The molecule has 0 aliphatic carbocycles. The Morgan fingerprint density at radius 3 is 2.40 bits per heavy atom. The molecule has 2 saturated heterocycles. The number of nitrogens with one attached hydrogen (secondary N) is 4. The molecule has 1 aromatic heterocycles. The van der Waals surface area contributed by atoms with Gasteiger partial charge in [0.05, 0.1) is 13.2 Å². The molecule has 48 heavy (non-hydrogen) atoms. The van der Waals surface area contributed by atoms with Crippen LogP contribution in [0.15, 0.2) is 21.9 Å². The number of rotatable bonds is 18. The molecule has 0 spiro atoms. The monoisotopic (exact) mass is 711 g/mol. The van der Waals surface area contributed by atoms with Crippen molar-refractivity contribution in [3.05, 3.63) is 33.1 Å². The number of methoxy groups -OCH3 is 1. The van der Waals surface area contributed by atoms with Gasteiger partial charge in [-0.3, -0.25) is 28.2 Å². The zero-order valence-electron chi connectivity index (χ0n) is 26.9. The summed E-state index contributed by atoms with van der Waals surface area (Å²) >= 11 is 0. The zero-order chi connectivity index (χ0) is 35.4. The van der Waals surface area contributed by atoms with Gasteiger partial charge in [0.1, 0.15) is 42.8 Å². The number of amides is 3. The summed E-state index contributed by atoms with van der Waals surface area (Å²) in [4.78, 5) is 60.3. The number of phosphoric acid groups is 1. The maximum Gasteiger partial charge on any atom is 0.472 e. The highest BCUT2D eigenvalue weighted by molar-refractivity contribution is 7.47. The fourth-order valence-electron chi connectivity index (χ4n) is 5.49. The van der Waals surface area contributed by atoms with Crippen molar-refractivity contribution >= 4 is 19.8 Å². The zero-order valence-corrected chi connectivity index (χ0v) is 27.8. The Balaban J connectivity index is 1.47. The van der Waals surface area contributed by atoms with Gasteiger partial charge in [0.15, 0.2) is 6.29 Å². The highest BCUT2D eigenvalue weighted by atomic mass is 31.2. The maximum atomic E-state index is 12.6. The maximum absolute atomic E-state index is 12.6. The molecule has 0 radical (unpaired) electrons. The van der Waals surface area contributed by atoms with Crippen molar-refractivity contribution in [3.8, 4) is 0 Å². The Bertz CT molecular complexity index is 1350. The van der Waals surface area contributed by atoms with Crippen LogP contribution in [0.2, 0.25) is 0 Å². The number of nitrogens with zero attached hydrogens (tertiary/aromatic N) is 1. The third-order valence-electron chi connectivity index (χ3n) is 7.80. The highest BCUT2D eigenvalue weighted by Crippen LogP contribution is 2.50. The van der Waals surface area contributed by atoms with Gasteiger partial charge in [-0.1, -0.05) is 0 Å². The van der Waals surface area contributed by atoms with Crippen LogP contribution in [0.4, 0.5) is 4.79 Å². The number of ether oxygens (including phenoxy) is 4. The number of carbonyl (C=O) groups is 2. The summed E-state index contributed by atoms with van der Waals surface area (Å²) in [5, 5.41) is 37.7. The molecule has 2 unspecified atom stereocenters. The molecule has 10 atom stereocenters. The van der Waals surface area contributed by atoms with Gasteiger partial charge in [0.2, 0.25) is 5.91 Å². The van der Waals surface area contributed by atoms with Crippen molar-refractivity contribution < 1.29 is 62.4 Å². The number of unbranched alkanes of at least 4 members (excludes halogenated alkanes) is 1. The second-order valence-corrected chi connectivity index (χ2v) is 12.8. The van der Waals surface area contributed by atoms with E-state index in [1.54, 1.807) is 0 Å². The first kappa shape index (κ1) is 39.7. The van der Waals surface area contributed by atoms with Crippen LogP contribution in [0.5, 0.6) is 0 Å². The molecule has 21 heteroatoms. The Hall–Kier alpha value is -2.75. The molecule has 2 aliphatic heterocycles. The minimum Gasteiger partial charge on any atom is -0.394 e. The van der Waals surface area contributed by atoms with Crippen molar-refractivity contribution in [2.24, 2.45) is 5.92 Å². The molecule has 0 aromatic carbocycles. The van der Waals surface area contributed by atoms with E-state index >= 15 is 0 Å². The van der Waals surface area contributed by atoms with E-state index in [-0.39, 0.29) is 32.7 Å². The predicted octanol–water partition coefficient (Wildman–Crippen LogP) is -2.35. The largest absolute Gasteiger partial charge is 0.472 e. The Labute approximate surface area is 275 Å². The highest BCUT2D eigenvalue weighted by Gasteiger charge is 2.49. The molecule has 1 aromatic rings. The number of urea groups is 1. The van der Waals surface area contributed by atoms with E-state index in [4.69, 9.17) is 23.5 Å². The first-order valence-electron chi connectivity index (χ1n) is 15.4. The molecule has 3 heterocycles. The Morgan fingerprint density at radius 1 is 1.06 bits per heavy atom. The number of H-pyrrole nitrogens is 1. The number of carbonyl (C=O) groups excluding carboxylic acids is 2. The van der Waals surface area contributed by atoms with Crippen LogP contribution in [0, 0.1) is 5.92 Å². The second-order valence-electron chi connectivity index (χ2n) is 11.3. The van der Waals surface area contributed by atoms with Crippen molar-refractivity contribution in [3.63, 3.8) is 0 Å². The normalized spacial score (nSPS) is 30.0. The van der Waals surface area contributed by atoms with Crippen molar-refractivity contribution in [2.75, 3.05) is 47.1 Å². The molecule has 2 aliphatic rings. The number of aliphatic hydroxyl groups is 3. The van der Waals surface area contributed by atoms with Gasteiger partial charge in [-0.15, -0.1) is 0 Å². The minimum atomic E-state index is -4.49. The Kier molecular flexibility index (Phi) is 15.6. The summed E-state index contributed by atoms with van der Waals surface area (Å²) in [6, 6.07) is -0.366. The first-order valence-corrected chi connectivity index (χ1v) is 16.9. The number of aromatic nitrogens is 2. The van der Waals surface area contributed by atoms with E-state index < -0.39 is 92.6 Å². The lowest BCUT2D eigenvalue weighted by molar-refractivity contribution is -0.270. The van der Waals surface area contributed by atoms with Crippen LogP contribution in [0.25, 0.3) is 0 Å². The molecule has 2 fully saturated rings. The number of aliphatic hydroxyl groups excluding tert-OH is 3. The first-order chi connectivity index (χ1) is 22.8. The van der Waals surface area contributed by atoms with Gasteiger partial charge < -0.3 is 55.1 Å². The molecule has 0 bridgehead atoms. The van der Waals surface area contributed by atoms with Crippen LogP contribution in [0.1, 0.15) is 38.8 Å². The van der Waals surface area contributed by atoms with Crippen molar-refractivity contribution in [1.29, 1.82) is 0 Å². The summed E-state index contributed by atoms with van der Waals surface area (Å²) in [6.07, 6.45) is -5.13. The number of phosphoric ester groups is 1. The number of hydrogen-bond acceptors (Lipinski definition) is 14. The SMILES string of the molecule is COC[C@H]1O[C@@H](n2ccc(=O)[nH]c2=O)[C@@H](CCCNC(=O)NCCCCO[C@@H]2O[C@H](CO)[C@H](O)[C@H](O)[C@H]2NC(C)=O)C1OP(=O)(O)OC. The minimum absolute atomic E-state index is 0.0387. The van der Waals surface area contributed by atoms with Crippen LogP contribution in [-0.4, -0.2) is 132 Å². The van der Waals surface area contributed by atoms with Gasteiger partial charge >= 0.3 is 19.5 Å². The molecule has 20 nitrogen and oxygen atoms in total. The molecule has 274 valence electrons.